The predicted molar refractivity (Wildman–Crippen MR) is 94.2 cm³/mol. The van der Waals surface area contributed by atoms with Crippen molar-refractivity contribution >= 4 is 11.8 Å². The van der Waals surface area contributed by atoms with Gasteiger partial charge < -0.3 is 14.0 Å². The minimum absolute atomic E-state index is 0.245. The van der Waals surface area contributed by atoms with Crippen LogP contribution in [-0.4, -0.2) is 25.3 Å². The fourth-order valence-electron chi connectivity index (χ4n) is 2.52. The Bertz CT molecular complexity index is 880. The van der Waals surface area contributed by atoms with E-state index in [0.717, 1.165) is 11.1 Å². The number of anilines is 1. The van der Waals surface area contributed by atoms with Gasteiger partial charge in [0.1, 0.15) is 22.8 Å². The molecule has 3 rings (SSSR count). The van der Waals surface area contributed by atoms with Crippen LogP contribution in [0.1, 0.15) is 15.9 Å². The first kappa shape index (κ1) is 16.6. The lowest BCUT2D eigenvalue weighted by Gasteiger charge is -2.11. The summed E-state index contributed by atoms with van der Waals surface area (Å²) >= 11 is 0. The molecular formula is C19H18N2O4. The van der Waals surface area contributed by atoms with E-state index in [4.69, 9.17) is 14.0 Å². The van der Waals surface area contributed by atoms with Crippen LogP contribution in [0.5, 0.6) is 11.5 Å². The van der Waals surface area contributed by atoms with Crippen LogP contribution in [0, 0.1) is 6.92 Å². The average molecular weight is 338 g/mol. The van der Waals surface area contributed by atoms with Crippen LogP contribution in [0.25, 0.3) is 11.3 Å². The Kier molecular flexibility index (Phi) is 4.70. The van der Waals surface area contributed by atoms with Gasteiger partial charge in [-0.15, -0.1) is 0 Å². The Labute approximate surface area is 145 Å². The molecule has 0 saturated carbocycles. The highest BCUT2D eigenvalue weighted by Crippen LogP contribution is 2.30. The summed E-state index contributed by atoms with van der Waals surface area (Å²) in [7, 11) is 2.99. The minimum Gasteiger partial charge on any atom is -0.496 e. The third-order valence-corrected chi connectivity index (χ3v) is 3.72. The third kappa shape index (κ3) is 3.47. The van der Waals surface area contributed by atoms with E-state index in [0.29, 0.717) is 22.8 Å². The molecule has 1 N–H and O–H groups in total. The summed E-state index contributed by atoms with van der Waals surface area (Å²) in [6, 6.07) is 14.7. The van der Waals surface area contributed by atoms with Gasteiger partial charge in [-0.2, -0.15) is 0 Å². The zero-order valence-corrected chi connectivity index (χ0v) is 14.2. The molecule has 0 atom stereocenters. The molecule has 6 nitrogen and oxygen atoms in total. The molecule has 128 valence electrons. The molecule has 0 unspecified atom stereocenters. The molecule has 0 radical (unpaired) electrons. The Hall–Kier alpha value is -3.28. The highest BCUT2D eigenvalue weighted by Gasteiger charge is 2.20. The normalized spacial score (nSPS) is 10.4. The topological polar surface area (TPSA) is 73.6 Å². The first-order valence-electron chi connectivity index (χ1n) is 7.68. The van der Waals surface area contributed by atoms with Gasteiger partial charge in [0.15, 0.2) is 0 Å². The van der Waals surface area contributed by atoms with Gasteiger partial charge in [-0.3, -0.25) is 10.1 Å². The molecule has 0 spiro atoms. The molecule has 1 amide bonds. The first-order valence-corrected chi connectivity index (χ1v) is 7.68. The third-order valence-electron chi connectivity index (χ3n) is 3.72. The van der Waals surface area contributed by atoms with E-state index < -0.39 is 5.91 Å². The molecule has 1 heterocycles. The van der Waals surface area contributed by atoms with Crippen LogP contribution >= 0.6 is 0 Å². The molecule has 0 saturated heterocycles. The highest BCUT2D eigenvalue weighted by molar-refractivity contribution is 6.07. The Morgan fingerprint density at radius 3 is 2.36 bits per heavy atom. The molecule has 25 heavy (non-hydrogen) atoms. The Balaban J connectivity index is 1.85. The number of carbonyl (C=O) groups excluding carboxylic acids is 1. The number of hydrogen-bond acceptors (Lipinski definition) is 5. The fraction of sp³-hybridized carbons (Fsp3) is 0.158. The zero-order chi connectivity index (χ0) is 17.8. The summed E-state index contributed by atoms with van der Waals surface area (Å²) in [6.07, 6.45) is 0. The van der Waals surface area contributed by atoms with Crippen molar-refractivity contribution in [2.75, 3.05) is 19.5 Å². The number of aryl methyl sites for hydroxylation is 1. The van der Waals surface area contributed by atoms with Gasteiger partial charge in [0.05, 0.1) is 14.2 Å². The van der Waals surface area contributed by atoms with Crippen molar-refractivity contribution in [1.82, 2.24) is 5.16 Å². The van der Waals surface area contributed by atoms with Crippen LogP contribution in [0.15, 0.2) is 53.1 Å². The molecule has 6 heteroatoms. The minimum atomic E-state index is -0.402. The largest absolute Gasteiger partial charge is 0.496 e. The molecule has 0 aliphatic rings. The maximum Gasteiger partial charge on any atom is 0.265 e. The van der Waals surface area contributed by atoms with Crippen molar-refractivity contribution in [1.29, 1.82) is 0 Å². The van der Waals surface area contributed by atoms with Crippen LogP contribution in [-0.2, 0) is 0 Å². The summed E-state index contributed by atoms with van der Waals surface area (Å²) in [4.78, 5) is 12.6. The standard InChI is InChI=1S/C19H18N2O4/c1-12-6-4-7-13(10-12)14-11-17(25-21-14)20-19(22)18-15(23-2)8-5-9-16(18)24-3/h4-11H,1-3H3,(H,20,22). The number of amides is 1. The lowest BCUT2D eigenvalue weighted by atomic mass is 10.1. The van der Waals surface area contributed by atoms with Gasteiger partial charge in [0, 0.05) is 11.6 Å². The van der Waals surface area contributed by atoms with E-state index in [1.807, 2.05) is 31.2 Å². The molecule has 2 aromatic carbocycles. The summed E-state index contributed by atoms with van der Waals surface area (Å²) in [6.45, 7) is 2.00. The van der Waals surface area contributed by atoms with Gasteiger partial charge in [-0.25, -0.2) is 0 Å². The number of nitrogens with one attached hydrogen (secondary N) is 1. The van der Waals surface area contributed by atoms with Crippen molar-refractivity contribution in [2.24, 2.45) is 0 Å². The van der Waals surface area contributed by atoms with E-state index in [1.54, 1.807) is 24.3 Å². The lowest BCUT2D eigenvalue weighted by molar-refractivity contribution is 0.101. The number of benzene rings is 2. The van der Waals surface area contributed by atoms with Gasteiger partial charge in [0.2, 0.25) is 5.88 Å². The van der Waals surface area contributed by atoms with E-state index in [-0.39, 0.29) is 5.88 Å². The van der Waals surface area contributed by atoms with Crippen LogP contribution < -0.4 is 14.8 Å². The molecular weight excluding hydrogens is 320 g/mol. The number of methoxy groups -OCH3 is 2. The maximum absolute atomic E-state index is 12.6. The van der Waals surface area contributed by atoms with E-state index in [2.05, 4.69) is 10.5 Å². The van der Waals surface area contributed by atoms with Gasteiger partial charge >= 0.3 is 0 Å². The van der Waals surface area contributed by atoms with Crippen molar-refractivity contribution in [3.63, 3.8) is 0 Å². The van der Waals surface area contributed by atoms with Crippen LogP contribution in [0.4, 0.5) is 5.88 Å². The number of carbonyl (C=O) groups is 1. The van der Waals surface area contributed by atoms with Gasteiger partial charge in [-0.1, -0.05) is 35.0 Å². The molecule has 0 fully saturated rings. The fourth-order valence-corrected chi connectivity index (χ4v) is 2.52. The number of hydrogen-bond donors (Lipinski definition) is 1. The van der Waals surface area contributed by atoms with Crippen LogP contribution in [0.2, 0.25) is 0 Å². The monoisotopic (exact) mass is 338 g/mol. The second kappa shape index (κ2) is 7.09. The van der Waals surface area contributed by atoms with Crippen molar-refractivity contribution in [3.05, 3.63) is 59.7 Å². The second-order valence-corrected chi connectivity index (χ2v) is 5.44. The first-order chi connectivity index (χ1) is 12.1. The highest BCUT2D eigenvalue weighted by atomic mass is 16.5. The number of nitrogens with zero attached hydrogens (tertiary/aromatic N) is 1. The van der Waals surface area contributed by atoms with E-state index in [1.165, 1.54) is 14.2 Å². The molecule has 0 aliphatic carbocycles. The summed E-state index contributed by atoms with van der Waals surface area (Å²) in [5.74, 6) is 0.668. The summed E-state index contributed by atoms with van der Waals surface area (Å²) < 4.78 is 15.7. The van der Waals surface area contributed by atoms with Crippen LogP contribution in [0.3, 0.4) is 0 Å². The quantitative estimate of drug-likeness (QED) is 0.763. The SMILES string of the molecule is COc1cccc(OC)c1C(=O)Nc1cc(-c2cccc(C)c2)no1. The number of aromatic nitrogens is 1. The maximum atomic E-state index is 12.6. The lowest BCUT2D eigenvalue weighted by Crippen LogP contribution is -2.14. The van der Waals surface area contributed by atoms with Crippen molar-refractivity contribution in [3.8, 4) is 22.8 Å². The number of rotatable bonds is 5. The summed E-state index contributed by atoms with van der Waals surface area (Å²) in [5.41, 5.74) is 2.97. The second-order valence-electron chi connectivity index (χ2n) is 5.44. The zero-order valence-electron chi connectivity index (χ0n) is 14.2. The van der Waals surface area contributed by atoms with Crippen molar-refractivity contribution < 1.29 is 18.8 Å². The number of ether oxygens (including phenoxy) is 2. The molecule has 0 aliphatic heterocycles. The van der Waals surface area contributed by atoms with Crippen molar-refractivity contribution in [2.45, 2.75) is 6.92 Å². The Morgan fingerprint density at radius 2 is 1.72 bits per heavy atom. The molecule has 1 aromatic heterocycles. The molecule has 0 bridgehead atoms. The average Bonchev–Trinajstić information content (AvgIpc) is 3.09. The van der Waals surface area contributed by atoms with E-state index >= 15 is 0 Å². The predicted octanol–water partition coefficient (Wildman–Crippen LogP) is 3.92. The van der Waals surface area contributed by atoms with Gasteiger partial charge in [0.25, 0.3) is 5.91 Å². The van der Waals surface area contributed by atoms with Gasteiger partial charge in [-0.05, 0) is 25.1 Å². The van der Waals surface area contributed by atoms with E-state index in [9.17, 15) is 4.79 Å². The smallest absolute Gasteiger partial charge is 0.265 e. The Morgan fingerprint density at radius 1 is 1.04 bits per heavy atom. The molecule has 3 aromatic rings. The summed E-state index contributed by atoms with van der Waals surface area (Å²) in [5, 5.41) is 6.69.